The average molecular weight is 171 g/mol. The zero-order valence-corrected chi connectivity index (χ0v) is 7.55. The highest BCUT2D eigenvalue weighted by molar-refractivity contribution is 5.84. The van der Waals surface area contributed by atoms with Gasteiger partial charge < -0.3 is 10.4 Å². The number of carbonyl (C=O) groups is 1. The predicted octanol–water partition coefficient (Wildman–Crippen LogP) is 0.326. The molecule has 1 aliphatic rings. The Morgan fingerprint density at radius 2 is 2.33 bits per heavy atom. The van der Waals surface area contributed by atoms with E-state index in [9.17, 15) is 4.79 Å². The summed E-state index contributed by atoms with van der Waals surface area (Å²) in [5.41, 5.74) is 0. The summed E-state index contributed by atoms with van der Waals surface area (Å²) in [4.78, 5) is 11.1. The van der Waals surface area contributed by atoms with Gasteiger partial charge >= 0.3 is 0 Å². The Kier molecular flexibility index (Phi) is 3.69. The summed E-state index contributed by atoms with van der Waals surface area (Å²) in [5, 5.41) is 11.8. The molecule has 0 aromatic heterocycles. The molecule has 1 atom stereocenters. The van der Waals surface area contributed by atoms with Gasteiger partial charge in [-0.1, -0.05) is 6.92 Å². The van der Waals surface area contributed by atoms with E-state index >= 15 is 0 Å². The Morgan fingerprint density at radius 1 is 1.67 bits per heavy atom. The lowest BCUT2D eigenvalue weighted by molar-refractivity contribution is -0.123. The van der Waals surface area contributed by atoms with Crippen LogP contribution in [0.15, 0.2) is 0 Å². The molecular formula is C9H17NO2. The van der Waals surface area contributed by atoms with Crippen molar-refractivity contribution in [2.45, 2.75) is 32.2 Å². The summed E-state index contributed by atoms with van der Waals surface area (Å²) in [6.45, 7) is 2.55. The zero-order chi connectivity index (χ0) is 8.97. The van der Waals surface area contributed by atoms with E-state index in [1.165, 1.54) is 12.8 Å². The third-order valence-corrected chi connectivity index (χ3v) is 2.30. The maximum atomic E-state index is 11.1. The van der Waals surface area contributed by atoms with Crippen LogP contribution in [-0.2, 0) is 4.79 Å². The number of nitrogens with one attached hydrogen (secondary N) is 1. The van der Waals surface area contributed by atoms with Gasteiger partial charge in [0.2, 0.25) is 0 Å². The van der Waals surface area contributed by atoms with Crippen LogP contribution in [0.2, 0.25) is 0 Å². The van der Waals surface area contributed by atoms with E-state index in [0.29, 0.717) is 0 Å². The third kappa shape index (κ3) is 2.91. The first-order valence-electron chi connectivity index (χ1n) is 4.64. The van der Waals surface area contributed by atoms with Crippen molar-refractivity contribution in [3.8, 4) is 0 Å². The number of aliphatic hydroxyl groups excluding tert-OH is 1. The summed E-state index contributed by atoms with van der Waals surface area (Å²) in [6, 6.07) is -0.129. The van der Waals surface area contributed by atoms with E-state index < -0.39 is 0 Å². The van der Waals surface area contributed by atoms with Gasteiger partial charge in [0.15, 0.2) is 5.78 Å². The quantitative estimate of drug-likeness (QED) is 0.605. The molecule has 1 aliphatic carbocycles. The van der Waals surface area contributed by atoms with Crippen LogP contribution in [0.3, 0.4) is 0 Å². The first-order valence-corrected chi connectivity index (χ1v) is 4.64. The standard InChI is InChI=1S/C9H17NO2/c1-2-8(9(12)6-11)10-5-7-3-4-7/h7-8,10-11H,2-6H2,1H3/t8-/m1/s1. The number of Topliss-reactive ketones (excluding diaryl/α,β-unsaturated/α-hetero) is 1. The van der Waals surface area contributed by atoms with Crippen LogP contribution in [0.1, 0.15) is 26.2 Å². The van der Waals surface area contributed by atoms with Gasteiger partial charge in [0.25, 0.3) is 0 Å². The Morgan fingerprint density at radius 3 is 2.75 bits per heavy atom. The van der Waals surface area contributed by atoms with Crippen molar-refractivity contribution >= 4 is 5.78 Å². The Balaban J connectivity index is 2.18. The van der Waals surface area contributed by atoms with E-state index in [1.54, 1.807) is 0 Å². The molecular weight excluding hydrogens is 154 g/mol. The van der Waals surface area contributed by atoms with Gasteiger partial charge in [0.1, 0.15) is 6.61 Å². The van der Waals surface area contributed by atoms with Crippen LogP contribution >= 0.6 is 0 Å². The number of aliphatic hydroxyl groups is 1. The van der Waals surface area contributed by atoms with Crippen LogP contribution < -0.4 is 5.32 Å². The van der Waals surface area contributed by atoms with Crippen molar-refractivity contribution in [1.82, 2.24) is 5.32 Å². The molecule has 2 N–H and O–H groups in total. The fourth-order valence-electron chi connectivity index (χ4n) is 1.23. The topological polar surface area (TPSA) is 49.3 Å². The van der Waals surface area contributed by atoms with Gasteiger partial charge in [-0.05, 0) is 31.7 Å². The molecule has 0 radical (unpaired) electrons. The smallest absolute Gasteiger partial charge is 0.174 e. The lowest BCUT2D eigenvalue weighted by atomic mass is 10.1. The number of rotatable bonds is 6. The highest BCUT2D eigenvalue weighted by Gasteiger charge is 2.23. The lowest BCUT2D eigenvalue weighted by Gasteiger charge is -2.13. The van der Waals surface area contributed by atoms with Crippen molar-refractivity contribution in [3.05, 3.63) is 0 Å². The third-order valence-electron chi connectivity index (χ3n) is 2.30. The Labute approximate surface area is 73.2 Å². The summed E-state index contributed by atoms with van der Waals surface area (Å²) in [5.74, 6) is 0.698. The zero-order valence-electron chi connectivity index (χ0n) is 7.55. The molecule has 0 aromatic carbocycles. The second-order valence-electron chi connectivity index (χ2n) is 3.44. The lowest BCUT2D eigenvalue weighted by Crippen LogP contribution is -2.38. The van der Waals surface area contributed by atoms with E-state index in [-0.39, 0.29) is 18.4 Å². The summed E-state index contributed by atoms with van der Waals surface area (Å²) < 4.78 is 0. The first kappa shape index (κ1) is 9.68. The van der Waals surface area contributed by atoms with Crippen molar-refractivity contribution in [2.24, 2.45) is 5.92 Å². The van der Waals surface area contributed by atoms with Gasteiger partial charge in [-0.2, -0.15) is 0 Å². The Hall–Kier alpha value is -0.410. The van der Waals surface area contributed by atoms with E-state index in [1.807, 2.05) is 6.92 Å². The van der Waals surface area contributed by atoms with Crippen LogP contribution in [0.4, 0.5) is 0 Å². The highest BCUT2D eigenvalue weighted by atomic mass is 16.3. The van der Waals surface area contributed by atoms with Crippen LogP contribution in [0.5, 0.6) is 0 Å². The van der Waals surface area contributed by atoms with Gasteiger partial charge in [-0.15, -0.1) is 0 Å². The normalized spacial score (nSPS) is 19.2. The van der Waals surface area contributed by atoms with Crippen LogP contribution in [-0.4, -0.2) is 30.1 Å². The van der Waals surface area contributed by atoms with Gasteiger partial charge in [-0.25, -0.2) is 0 Å². The maximum Gasteiger partial charge on any atom is 0.174 e. The molecule has 1 rings (SSSR count). The minimum Gasteiger partial charge on any atom is -0.389 e. The van der Waals surface area contributed by atoms with Crippen molar-refractivity contribution in [2.75, 3.05) is 13.2 Å². The SMILES string of the molecule is CC[C@@H](NCC1CC1)C(=O)CO. The second kappa shape index (κ2) is 4.58. The second-order valence-corrected chi connectivity index (χ2v) is 3.44. The summed E-state index contributed by atoms with van der Waals surface area (Å²) >= 11 is 0. The molecule has 0 bridgehead atoms. The molecule has 0 unspecified atom stereocenters. The molecule has 0 aromatic rings. The predicted molar refractivity (Wildman–Crippen MR) is 46.9 cm³/mol. The summed E-state index contributed by atoms with van der Waals surface area (Å²) in [7, 11) is 0. The molecule has 70 valence electrons. The minimum atomic E-state index is -0.337. The highest BCUT2D eigenvalue weighted by Crippen LogP contribution is 2.27. The molecule has 1 fully saturated rings. The molecule has 3 nitrogen and oxygen atoms in total. The Bertz CT molecular complexity index is 155. The van der Waals surface area contributed by atoms with Crippen molar-refractivity contribution in [1.29, 1.82) is 0 Å². The van der Waals surface area contributed by atoms with E-state index in [4.69, 9.17) is 5.11 Å². The molecule has 0 saturated heterocycles. The minimum absolute atomic E-state index is 0.0850. The number of carbonyl (C=O) groups excluding carboxylic acids is 1. The number of hydrogen-bond acceptors (Lipinski definition) is 3. The number of hydrogen-bond donors (Lipinski definition) is 2. The van der Waals surface area contributed by atoms with Crippen molar-refractivity contribution < 1.29 is 9.90 Å². The molecule has 0 heterocycles. The monoisotopic (exact) mass is 171 g/mol. The molecule has 0 amide bonds. The largest absolute Gasteiger partial charge is 0.389 e. The van der Waals surface area contributed by atoms with Gasteiger partial charge in [0, 0.05) is 0 Å². The number of ketones is 1. The van der Waals surface area contributed by atoms with E-state index in [0.717, 1.165) is 18.9 Å². The van der Waals surface area contributed by atoms with Crippen LogP contribution in [0.25, 0.3) is 0 Å². The molecule has 1 saturated carbocycles. The van der Waals surface area contributed by atoms with Crippen LogP contribution in [0, 0.1) is 5.92 Å². The molecule has 0 spiro atoms. The average Bonchev–Trinajstić information content (AvgIpc) is 2.88. The van der Waals surface area contributed by atoms with Gasteiger partial charge in [-0.3, -0.25) is 4.79 Å². The van der Waals surface area contributed by atoms with Gasteiger partial charge in [0.05, 0.1) is 6.04 Å². The van der Waals surface area contributed by atoms with E-state index in [2.05, 4.69) is 5.32 Å². The summed E-state index contributed by atoms with van der Waals surface area (Å²) in [6.07, 6.45) is 3.35. The molecule has 0 aliphatic heterocycles. The molecule has 12 heavy (non-hydrogen) atoms. The fourth-order valence-corrected chi connectivity index (χ4v) is 1.23. The maximum absolute atomic E-state index is 11.1. The first-order chi connectivity index (χ1) is 5.77. The molecule has 3 heteroatoms. The van der Waals surface area contributed by atoms with Crippen molar-refractivity contribution in [3.63, 3.8) is 0 Å². The fraction of sp³-hybridized carbons (Fsp3) is 0.889.